The van der Waals surface area contributed by atoms with Crippen LogP contribution in [0, 0.1) is 5.92 Å². The minimum Gasteiger partial charge on any atom is -0.366 e. The molecule has 0 radical (unpaired) electrons. The molecule has 0 saturated carbocycles. The van der Waals surface area contributed by atoms with Gasteiger partial charge in [0.25, 0.3) is 0 Å². The Balaban J connectivity index is 1.78. The van der Waals surface area contributed by atoms with Crippen molar-refractivity contribution in [2.45, 2.75) is 25.8 Å². The van der Waals surface area contributed by atoms with Gasteiger partial charge in [-0.25, -0.2) is 0 Å². The molecule has 0 aromatic carbocycles. The third-order valence-corrected chi connectivity index (χ3v) is 4.62. The van der Waals surface area contributed by atoms with Crippen LogP contribution >= 0.6 is 0 Å². The highest BCUT2D eigenvalue weighted by Crippen LogP contribution is 2.33. The van der Waals surface area contributed by atoms with Crippen molar-refractivity contribution >= 4 is 23.4 Å². The van der Waals surface area contributed by atoms with Gasteiger partial charge in [-0.3, -0.25) is 24.4 Å². The second kappa shape index (κ2) is 7.94. The Hall–Kier alpha value is -3.29. The largest absolute Gasteiger partial charge is 0.366 e. The fraction of sp³-hybridized carbons (Fsp3) is 0.316. The van der Waals surface area contributed by atoms with Crippen molar-refractivity contribution in [1.29, 1.82) is 0 Å². The van der Waals surface area contributed by atoms with Crippen LogP contribution in [0.4, 0.5) is 5.69 Å². The average molecular weight is 367 g/mol. The van der Waals surface area contributed by atoms with Gasteiger partial charge in [0.15, 0.2) is 0 Å². The molecule has 0 spiro atoms. The third-order valence-electron chi connectivity index (χ3n) is 4.62. The molecule has 8 heteroatoms. The van der Waals surface area contributed by atoms with Gasteiger partial charge in [-0.1, -0.05) is 13.0 Å². The van der Waals surface area contributed by atoms with E-state index in [-0.39, 0.29) is 17.3 Å². The molecule has 2 aromatic heterocycles. The normalized spacial score (nSPS) is 19.4. The van der Waals surface area contributed by atoms with Gasteiger partial charge in [0.2, 0.25) is 5.91 Å². The maximum Gasteiger partial charge on any atom is 0.313 e. The van der Waals surface area contributed by atoms with Crippen molar-refractivity contribution < 1.29 is 14.4 Å². The summed E-state index contributed by atoms with van der Waals surface area (Å²) < 4.78 is 0. The number of carbonyl (C=O) groups excluding carboxylic acids is 3. The summed E-state index contributed by atoms with van der Waals surface area (Å²) in [5, 5.41) is 2.51. The number of hydrogen-bond donors (Lipinski definition) is 2. The molecule has 140 valence electrons. The summed E-state index contributed by atoms with van der Waals surface area (Å²) in [7, 11) is 0. The predicted octanol–water partition coefficient (Wildman–Crippen LogP) is 1.51. The highest BCUT2D eigenvalue weighted by atomic mass is 16.2. The number of rotatable bonds is 3. The number of hydrogen-bond acceptors (Lipinski definition) is 5. The number of piperidine rings is 1. The van der Waals surface area contributed by atoms with Gasteiger partial charge in [-0.05, 0) is 36.5 Å². The molecule has 2 atom stereocenters. The molecule has 3 heterocycles. The zero-order valence-electron chi connectivity index (χ0n) is 15.0. The van der Waals surface area contributed by atoms with Gasteiger partial charge in [0.05, 0.1) is 23.5 Å². The number of pyridine rings is 2. The Morgan fingerprint density at radius 1 is 1.19 bits per heavy atom. The molecule has 1 aliphatic heterocycles. The number of amides is 3. The second-order valence-electron chi connectivity index (χ2n) is 6.72. The summed E-state index contributed by atoms with van der Waals surface area (Å²) >= 11 is 0. The van der Waals surface area contributed by atoms with E-state index in [2.05, 4.69) is 22.2 Å². The standard InChI is InChI=1S/C19H21N5O3/c1-12-4-5-16(13-3-2-6-21-8-13)24(11-12)19(27)18(26)23-15-7-14(17(20)25)9-22-10-15/h2-3,6-10,12,16H,4-5,11H2,1H3,(H2,20,25)(H,23,26)/t12-,16+/m1/s1. The van der Waals surface area contributed by atoms with E-state index >= 15 is 0 Å². The molecule has 0 unspecified atom stereocenters. The van der Waals surface area contributed by atoms with Crippen molar-refractivity contribution in [2.24, 2.45) is 11.7 Å². The van der Waals surface area contributed by atoms with Crippen LogP contribution in [0.15, 0.2) is 43.0 Å². The molecule has 27 heavy (non-hydrogen) atoms. The van der Waals surface area contributed by atoms with Gasteiger partial charge in [0.1, 0.15) is 0 Å². The first kappa shape index (κ1) is 18.5. The van der Waals surface area contributed by atoms with Crippen LogP contribution in [0.5, 0.6) is 0 Å². The Morgan fingerprint density at radius 3 is 2.70 bits per heavy atom. The van der Waals surface area contributed by atoms with E-state index < -0.39 is 17.7 Å². The van der Waals surface area contributed by atoms with Crippen LogP contribution < -0.4 is 11.1 Å². The zero-order valence-corrected chi connectivity index (χ0v) is 15.0. The van der Waals surface area contributed by atoms with Crippen LogP contribution in [0.3, 0.4) is 0 Å². The maximum absolute atomic E-state index is 12.8. The lowest BCUT2D eigenvalue weighted by molar-refractivity contribution is -0.146. The van der Waals surface area contributed by atoms with Crippen molar-refractivity contribution in [3.8, 4) is 0 Å². The van der Waals surface area contributed by atoms with E-state index in [4.69, 9.17) is 5.73 Å². The Labute approximate surface area is 156 Å². The van der Waals surface area contributed by atoms with Crippen LogP contribution in [0.1, 0.15) is 41.7 Å². The molecular formula is C19H21N5O3. The summed E-state index contributed by atoms with van der Waals surface area (Å²) in [5.41, 5.74) is 6.52. The fourth-order valence-electron chi connectivity index (χ4n) is 3.25. The fourth-order valence-corrected chi connectivity index (χ4v) is 3.25. The first-order valence-corrected chi connectivity index (χ1v) is 8.72. The molecule has 1 fully saturated rings. The molecule has 3 rings (SSSR count). The second-order valence-corrected chi connectivity index (χ2v) is 6.72. The first-order valence-electron chi connectivity index (χ1n) is 8.72. The summed E-state index contributed by atoms with van der Waals surface area (Å²) in [6.07, 6.45) is 7.78. The van der Waals surface area contributed by atoms with Gasteiger partial charge in [-0.2, -0.15) is 0 Å². The average Bonchev–Trinajstić information content (AvgIpc) is 2.68. The maximum atomic E-state index is 12.8. The van der Waals surface area contributed by atoms with Crippen LogP contribution in [-0.2, 0) is 9.59 Å². The monoisotopic (exact) mass is 367 g/mol. The molecule has 1 aliphatic rings. The van der Waals surface area contributed by atoms with E-state index in [1.54, 1.807) is 17.3 Å². The SMILES string of the molecule is C[C@@H]1CC[C@@H](c2cccnc2)N(C(=O)C(=O)Nc2cncc(C(N)=O)c2)C1. The minimum absolute atomic E-state index is 0.153. The topological polar surface area (TPSA) is 118 Å². The number of aromatic nitrogens is 2. The summed E-state index contributed by atoms with van der Waals surface area (Å²) in [6, 6.07) is 4.92. The lowest BCUT2D eigenvalue weighted by atomic mass is 9.90. The first-order chi connectivity index (χ1) is 13.0. The minimum atomic E-state index is -0.776. The molecular weight excluding hydrogens is 346 g/mol. The molecule has 3 N–H and O–H groups in total. The predicted molar refractivity (Wildman–Crippen MR) is 98.5 cm³/mol. The smallest absolute Gasteiger partial charge is 0.313 e. The van der Waals surface area contributed by atoms with Crippen LogP contribution in [0.25, 0.3) is 0 Å². The van der Waals surface area contributed by atoms with Crippen LogP contribution in [0.2, 0.25) is 0 Å². The highest BCUT2D eigenvalue weighted by Gasteiger charge is 2.34. The van der Waals surface area contributed by atoms with Gasteiger partial charge >= 0.3 is 11.8 Å². The van der Waals surface area contributed by atoms with E-state index in [9.17, 15) is 14.4 Å². The van der Waals surface area contributed by atoms with Crippen molar-refractivity contribution in [3.05, 3.63) is 54.1 Å². The van der Waals surface area contributed by atoms with Gasteiger partial charge in [-0.15, -0.1) is 0 Å². The van der Waals surface area contributed by atoms with E-state index in [0.29, 0.717) is 12.5 Å². The number of nitrogens with two attached hydrogens (primary N) is 1. The molecule has 3 amide bonds. The Bertz CT molecular complexity index is 855. The summed E-state index contributed by atoms with van der Waals surface area (Å²) in [5.74, 6) is -1.76. The number of likely N-dealkylation sites (tertiary alicyclic amines) is 1. The lowest BCUT2D eigenvalue weighted by Gasteiger charge is -2.38. The molecule has 1 saturated heterocycles. The number of anilines is 1. The zero-order chi connectivity index (χ0) is 19.4. The Kier molecular flexibility index (Phi) is 5.44. The third kappa shape index (κ3) is 4.28. The van der Waals surface area contributed by atoms with E-state index in [1.165, 1.54) is 18.5 Å². The van der Waals surface area contributed by atoms with Crippen molar-refractivity contribution in [3.63, 3.8) is 0 Å². The molecule has 0 bridgehead atoms. The van der Waals surface area contributed by atoms with Gasteiger partial charge < -0.3 is 16.0 Å². The number of primary amides is 1. The van der Waals surface area contributed by atoms with Crippen LogP contribution in [-0.4, -0.2) is 39.1 Å². The van der Waals surface area contributed by atoms with E-state index in [1.807, 2.05) is 12.1 Å². The number of carbonyl (C=O) groups is 3. The molecule has 2 aromatic rings. The van der Waals surface area contributed by atoms with Gasteiger partial charge in [0, 0.05) is 25.1 Å². The summed E-state index contributed by atoms with van der Waals surface area (Å²) in [6.45, 7) is 2.54. The Morgan fingerprint density at radius 2 is 2.00 bits per heavy atom. The summed E-state index contributed by atoms with van der Waals surface area (Å²) in [4.78, 5) is 46.2. The van der Waals surface area contributed by atoms with Crippen molar-refractivity contribution in [1.82, 2.24) is 14.9 Å². The van der Waals surface area contributed by atoms with Crippen molar-refractivity contribution in [2.75, 3.05) is 11.9 Å². The quantitative estimate of drug-likeness (QED) is 0.797. The number of nitrogens with one attached hydrogen (secondary N) is 1. The number of nitrogens with zero attached hydrogens (tertiary/aromatic N) is 3. The lowest BCUT2D eigenvalue weighted by Crippen LogP contribution is -2.46. The highest BCUT2D eigenvalue weighted by molar-refractivity contribution is 6.39. The van der Waals surface area contributed by atoms with E-state index in [0.717, 1.165) is 18.4 Å². The molecule has 8 nitrogen and oxygen atoms in total. The molecule has 0 aliphatic carbocycles.